The van der Waals surface area contributed by atoms with Crippen LogP contribution in [-0.4, -0.2) is 53.7 Å². The van der Waals surface area contributed by atoms with Crippen molar-refractivity contribution >= 4 is 12.0 Å². The Kier molecular flexibility index (Phi) is 5.80. The molecule has 2 unspecified atom stereocenters. The van der Waals surface area contributed by atoms with Crippen LogP contribution in [0.25, 0.3) is 0 Å². The van der Waals surface area contributed by atoms with Crippen LogP contribution in [0, 0.1) is 5.41 Å². The molecule has 0 saturated carbocycles. The maximum absolute atomic E-state index is 11.9. The van der Waals surface area contributed by atoms with Crippen LogP contribution >= 0.6 is 0 Å². The molecule has 6 nitrogen and oxygen atoms in total. The zero-order chi connectivity index (χ0) is 15.3. The van der Waals surface area contributed by atoms with E-state index >= 15 is 0 Å². The van der Waals surface area contributed by atoms with Crippen LogP contribution in [0.2, 0.25) is 0 Å². The molecule has 3 N–H and O–H groups in total. The second-order valence-electron chi connectivity index (χ2n) is 6.42. The van der Waals surface area contributed by atoms with Crippen LogP contribution in [0.15, 0.2) is 0 Å². The monoisotopic (exact) mass is 285 g/mol. The fourth-order valence-corrected chi connectivity index (χ4v) is 2.58. The van der Waals surface area contributed by atoms with Gasteiger partial charge in [-0.3, -0.25) is 4.90 Å². The summed E-state index contributed by atoms with van der Waals surface area (Å²) in [6.07, 6.45) is 2.23. The highest BCUT2D eigenvalue weighted by atomic mass is 16.4. The van der Waals surface area contributed by atoms with E-state index in [1.807, 2.05) is 0 Å². The lowest BCUT2D eigenvalue weighted by molar-refractivity contribution is -0.141. The highest BCUT2D eigenvalue weighted by Gasteiger charge is 2.33. The minimum atomic E-state index is -1.01. The molecule has 0 aromatic heterocycles. The zero-order valence-electron chi connectivity index (χ0n) is 12.9. The van der Waals surface area contributed by atoms with E-state index in [9.17, 15) is 9.59 Å². The van der Waals surface area contributed by atoms with E-state index in [-0.39, 0.29) is 0 Å². The minimum Gasteiger partial charge on any atom is -0.480 e. The Labute approximate surface area is 120 Å². The fraction of sp³-hybridized carbons (Fsp3) is 0.857. The standard InChI is InChI=1S/C14H27N3O3/c1-5-17-8-6-7-10(17)9-15-13(20)16-11(12(18)19)14(2,3)4/h10-11H,5-9H2,1-4H3,(H,18,19)(H2,15,16,20). The molecule has 0 radical (unpaired) electrons. The molecule has 0 aliphatic carbocycles. The van der Waals surface area contributed by atoms with Gasteiger partial charge in [0.2, 0.25) is 0 Å². The number of rotatable bonds is 5. The normalized spacial score (nSPS) is 21.5. The molecule has 2 atom stereocenters. The average Bonchev–Trinajstić information content (AvgIpc) is 2.78. The Bertz CT molecular complexity index is 352. The topological polar surface area (TPSA) is 81.7 Å². The van der Waals surface area contributed by atoms with Crippen molar-refractivity contribution in [3.05, 3.63) is 0 Å². The summed E-state index contributed by atoms with van der Waals surface area (Å²) >= 11 is 0. The van der Waals surface area contributed by atoms with E-state index in [2.05, 4.69) is 22.5 Å². The maximum atomic E-state index is 11.9. The number of amides is 2. The zero-order valence-corrected chi connectivity index (χ0v) is 12.9. The Morgan fingerprint density at radius 3 is 2.55 bits per heavy atom. The van der Waals surface area contributed by atoms with Crippen molar-refractivity contribution in [2.45, 2.75) is 52.6 Å². The number of hydrogen-bond donors (Lipinski definition) is 3. The van der Waals surface area contributed by atoms with E-state index in [1.165, 1.54) is 0 Å². The van der Waals surface area contributed by atoms with Crippen LogP contribution in [0.4, 0.5) is 4.79 Å². The first-order valence-corrected chi connectivity index (χ1v) is 7.27. The van der Waals surface area contributed by atoms with Gasteiger partial charge in [-0.2, -0.15) is 0 Å². The fourth-order valence-electron chi connectivity index (χ4n) is 2.58. The van der Waals surface area contributed by atoms with Gasteiger partial charge in [-0.15, -0.1) is 0 Å². The van der Waals surface area contributed by atoms with E-state index in [1.54, 1.807) is 20.8 Å². The summed E-state index contributed by atoms with van der Waals surface area (Å²) < 4.78 is 0. The lowest BCUT2D eigenvalue weighted by atomic mass is 9.87. The van der Waals surface area contributed by atoms with Gasteiger partial charge in [0.15, 0.2) is 0 Å². The summed E-state index contributed by atoms with van der Waals surface area (Å²) in [4.78, 5) is 25.4. The Balaban J connectivity index is 2.44. The first-order chi connectivity index (χ1) is 9.25. The highest BCUT2D eigenvalue weighted by molar-refractivity contribution is 5.83. The molecule has 116 valence electrons. The number of nitrogens with zero attached hydrogens (tertiary/aromatic N) is 1. The summed E-state index contributed by atoms with van der Waals surface area (Å²) in [5.74, 6) is -1.01. The van der Waals surface area contributed by atoms with Gasteiger partial charge in [-0.05, 0) is 31.3 Å². The lowest BCUT2D eigenvalue weighted by Crippen LogP contribution is -2.53. The molecule has 1 aliphatic heterocycles. The molecule has 6 heteroatoms. The third kappa shape index (κ3) is 4.67. The van der Waals surface area contributed by atoms with E-state index in [4.69, 9.17) is 5.11 Å². The number of carbonyl (C=O) groups excluding carboxylic acids is 1. The van der Waals surface area contributed by atoms with Crippen molar-refractivity contribution in [2.24, 2.45) is 5.41 Å². The molecule has 20 heavy (non-hydrogen) atoms. The van der Waals surface area contributed by atoms with Gasteiger partial charge in [0.1, 0.15) is 6.04 Å². The van der Waals surface area contributed by atoms with Crippen LogP contribution < -0.4 is 10.6 Å². The molecular formula is C14H27N3O3. The van der Waals surface area contributed by atoms with Gasteiger partial charge >= 0.3 is 12.0 Å². The van der Waals surface area contributed by atoms with Crippen molar-refractivity contribution in [1.29, 1.82) is 0 Å². The van der Waals surface area contributed by atoms with Crippen molar-refractivity contribution in [1.82, 2.24) is 15.5 Å². The van der Waals surface area contributed by atoms with Gasteiger partial charge in [-0.1, -0.05) is 27.7 Å². The molecule has 0 aromatic carbocycles. The molecule has 1 fully saturated rings. The van der Waals surface area contributed by atoms with Gasteiger partial charge in [0.05, 0.1) is 0 Å². The quantitative estimate of drug-likeness (QED) is 0.710. The average molecular weight is 285 g/mol. The molecule has 2 amide bonds. The molecule has 1 aliphatic rings. The third-order valence-corrected chi connectivity index (χ3v) is 3.79. The lowest BCUT2D eigenvalue weighted by Gasteiger charge is -2.28. The second-order valence-corrected chi connectivity index (χ2v) is 6.42. The summed E-state index contributed by atoms with van der Waals surface area (Å²) in [5, 5.41) is 14.5. The molecule has 0 bridgehead atoms. The number of likely N-dealkylation sites (tertiary alicyclic amines) is 1. The van der Waals surface area contributed by atoms with Crippen LogP contribution in [0.1, 0.15) is 40.5 Å². The summed E-state index contributed by atoms with van der Waals surface area (Å²) in [6.45, 7) is 10.1. The van der Waals surface area contributed by atoms with E-state index < -0.39 is 23.5 Å². The van der Waals surface area contributed by atoms with Crippen LogP contribution in [-0.2, 0) is 4.79 Å². The molecule has 0 aromatic rings. The van der Waals surface area contributed by atoms with E-state index in [0.29, 0.717) is 12.6 Å². The highest BCUT2D eigenvalue weighted by Crippen LogP contribution is 2.19. The number of carbonyl (C=O) groups is 2. The van der Waals surface area contributed by atoms with Gasteiger partial charge in [0, 0.05) is 12.6 Å². The first-order valence-electron chi connectivity index (χ1n) is 7.27. The first kappa shape index (κ1) is 16.8. The van der Waals surface area contributed by atoms with Crippen molar-refractivity contribution in [2.75, 3.05) is 19.6 Å². The summed E-state index contributed by atoms with van der Waals surface area (Å²) in [5.41, 5.74) is -0.522. The van der Waals surface area contributed by atoms with Gasteiger partial charge < -0.3 is 15.7 Å². The summed E-state index contributed by atoms with van der Waals surface area (Å²) in [7, 11) is 0. The van der Waals surface area contributed by atoms with Crippen molar-refractivity contribution in [3.8, 4) is 0 Å². The Hall–Kier alpha value is -1.30. The number of aliphatic carboxylic acids is 1. The number of carboxylic acids is 1. The molecular weight excluding hydrogens is 258 g/mol. The summed E-state index contributed by atoms with van der Waals surface area (Å²) in [6, 6.07) is -0.938. The predicted octanol–water partition coefficient (Wildman–Crippen LogP) is 1.27. The van der Waals surface area contributed by atoms with Gasteiger partial charge in [0.25, 0.3) is 0 Å². The minimum absolute atomic E-state index is 0.365. The Morgan fingerprint density at radius 1 is 1.40 bits per heavy atom. The molecule has 1 rings (SSSR count). The van der Waals surface area contributed by atoms with E-state index in [0.717, 1.165) is 25.9 Å². The molecule has 0 spiro atoms. The predicted molar refractivity (Wildman–Crippen MR) is 77.7 cm³/mol. The smallest absolute Gasteiger partial charge is 0.326 e. The van der Waals surface area contributed by atoms with Gasteiger partial charge in [-0.25, -0.2) is 9.59 Å². The Morgan fingerprint density at radius 2 is 2.05 bits per heavy atom. The maximum Gasteiger partial charge on any atom is 0.326 e. The number of nitrogens with one attached hydrogen (secondary N) is 2. The number of likely N-dealkylation sites (N-methyl/N-ethyl adjacent to an activating group) is 1. The largest absolute Gasteiger partial charge is 0.480 e. The van der Waals surface area contributed by atoms with Crippen molar-refractivity contribution in [3.63, 3.8) is 0 Å². The number of hydrogen-bond acceptors (Lipinski definition) is 3. The molecule has 1 saturated heterocycles. The SMILES string of the molecule is CCN1CCCC1CNC(=O)NC(C(=O)O)C(C)(C)C. The molecule has 1 heterocycles. The van der Waals surface area contributed by atoms with Crippen molar-refractivity contribution < 1.29 is 14.7 Å². The number of carboxylic acid groups (broad SMARTS) is 1. The third-order valence-electron chi connectivity index (χ3n) is 3.79. The second kappa shape index (κ2) is 6.92. The number of urea groups is 1. The van der Waals surface area contributed by atoms with Crippen LogP contribution in [0.5, 0.6) is 0 Å². The van der Waals surface area contributed by atoms with Crippen LogP contribution in [0.3, 0.4) is 0 Å².